The number of carbonyl (C=O) groups excluding carboxylic acids is 2. The molecule has 0 aromatic heterocycles. The minimum absolute atomic E-state index is 0.0691. The van der Waals surface area contributed by atoms with Gasteiger partial charge in [0.05, 0.1) is 18.2 Å². The zero-order valence-corrected chi connectivity index (χ0v) is 16.9. The normalized spacial score (nSPS) is 15.4. The molecule has 0 bridgehead atoms. The van der Waals surface area contributed by atoms with Crippen LogP contribution in [0.1, 0.15) is 44.6 Å². The largest absolute Gasteiger partial charge is 0.495 e. The van der Waals surface area contributed by atoms with Crippen molar-refractivity contribution in [2.45, 2.75) is 45.4 Å². The molecule has 6 heteroatoms. The van der Waals surface area contributed by atoms with Gasteiger partial charge in [-0.05, 0) is 55.2 Å². The Labute approximate surface area is 170 Å². The number of methoxy groups -OCH3 is 1. The topological polar surface area (TPSA) is 67.4 Å². The highest BCUT2D eigenvalue weighted by Crippen LogP contribution is 2.41. The molecule has 1 saturated carbocycles. The van der Waals surface area contributed by atoms with Crippen LogP contribution >= 0.6 is 0 Å². The van der Waals surface area contributed by atoms with Gasteiger partial charge in [0.15, 0.2) is 0 Å². The lowest BCUT2D eigenvalue weighted by atomic mass is 9.69. The summed E-state index contributed by atoms with van der Waals surface area (Å²) in [7, 11) is 1.52. The van der Waals surface area contributed by atoms with Gasteiger partial charge < -0.3 is 15.4 Å². The fourth-order valence-corrected chi connectivity index (χ4v) is 4.09. The van der Waals surface area contributed by atoms with E-state index < -0.39 is 5.41 Å². The van der Waals surface area contributed by atoms with Gasteiger partial charge in [-0.3, -0.25) is 9.59 Å². The maximum Gasteiger partial charge on any atom is 0.230 e. The lowest BCUT2D eigenvalue weighted by molar-refractivity contribution is -0.127. The maximum atomic E-state index is 13.7. The highest BCUT2D eigenvalue weighted by Gasteiger charge is 2.39. The molecule has 3 rings (SSSR count). The molecule has 1 fully saturated rings. The van der Waals surface area contributed by atoms with Crippen LogP contribution in [0.2, 0.25) is 0 Å². The van der Waals surface area contributed by atoms with Gasteiger partial charge in [0.2, 0.25) is 11.8 Å². The lowest BCUT2D eigenvalue weighted by Gasteiger charge is -2.36. The Morgan fingerprint density at radius 2 is 1.83 bits per heavy atom. The zero-order chi connectivity index (χ0) is 20.9. The van der Waals surface area contributed by atoms with Crippen LogP contribution in [-0.4, -0.2) is 18.9 Å². The molecule has 5 nitrogen and oxygen atoms in total. The molecule has 0 radical (unpaired) electrons. The van der Waals surface area contributed by atoms with E-state index >= 15 is 0 Å². The summed E-state index contributed by atoms with van der Waals surface area (Å²) in [5.74, 6) is -0.0589. The average molecular weight is 398 g/mol. The second-order valence-corrected chi connectivity index (χ2v) is 7.70. The molecule has 29 heavy (non-hydrogen) atoms. The van der Waals surface area contributed by atoms with Gasteiger partial charge in [0, 0.05) is 12.6 Å². The smallest absolute Gasteiger partial charge is 0.230 e. The van der Waals surface area contributed by atoms with Gasteiger partial charge in [0.1, 0.15) is 11.6 Å². The number of hydrogen-bond acceptors (Lipinski definition) is 3. The first-order valence-corrected chi connectivity index (χ1v) is 9.93. The van der Waals surface area contributed by atoms with Crippen molar-refractivity contribution in [3.05, 3.63) is 53.8 Å². The van der Waals surface area contributed by atoms with Crippen LogP contribution in [0.25, 0.3) is 0 Å². The number of amides is 2. The van der Waals surface area contributed by atoms with E-state index in [1.54, 1.807) is 24.3 Å². The van der Waals surface area contributed by atoms with Crippen LogP contribution in [-0.2, 0) is 16.0 Å². The molecule has 154 valence electrons. The highest BCUT2D eigenvalue weighted by atomic mass is 19.1. The number of halogens is 1. The van der Waals surface area contributed by atoms with Gasteiger partial charge in [0.25, 0.3) is 0 Å². The summed E-state index contributed by atoms with van der Waals surface area (Å²) in [6.45, 7) is 1.42. The van der Waals surface area contributed by atoms with Crippen molar-refractivity contribution in [2.24, 2.45) is 5.41 Å². The van der Waals surface area contributed by atoms with Gasteiger partial charge in [-0.25, -0.2) is 4.39 Å². The lowest BCUT2D eigenvalue weighted by Crippen LogP contribution is -2.40. The Balaban J connectivity index is 1.84. The van der Waals surface area contributed by atoms with E-state index in [9.17, 15) is 14.0 Å². The Morgan fingerprint density at radius 3 is 2.48 bits per heavy atom. The third kappa shape index (κ3) is 5.13. The van der Waals surface area contributed by atoms with Gasteiger partial charge in [-0.2, -0.15) is 0 Å². The second kappa shape index (κ2) is 9.07. The zero-order valence-electron chi connectivity index (χ0n) is 16.9. The SMILES string of the molecule is COc1ccc(NC(=O)C2(Cc3cccc(F)c3)CCCCC2)cc1NC(C)=O. The number of benzene rings is 2. The molecule has 0 heterocycles. The Bertz CT molecular complexity index is 891. The summed E-state index contributed by atoms with van der Waals surface area (Å²) in [6, 6.07) is 11.6. The Hall–Kier alpha value is -2.89. The van der Waals surface area contributed by atoms with Crippen LogP contribution in [0.3, 0.4) is 0 Å². The number of ether oxygens (including phenoxy) is 1. The van der Waals surface area contributed by atoms with E-state index in [4.69, 9.17) is 4.74 Å². The Morgan fingerprint density at radius 1 is 1.07 bits per heavy atom. The summed E-state index contributed by atoms with van der Waals surface area (Å²) in [5.41, 5.74) is 1.35. The summed E-state index contributed by atoms with van der Waals surface area (Å²) < 4.78 is 18.9. The van der Waals surface area contributed by atoms with Crippen molar-refractivity contribution in [1.29, 1.82) is 0 Å². The molecule has 2 aromatic rings. The van der Waals surface area contributed by atoms with Gasteiger partial charge in [-0.1, -0.05) is 31.4 Å². The van der Waals surface area contributed by atoms with Gasteiger partial charge >= 0.3 is 0 Å². The first-order valence-electron chi connectivity index (χ1n) is 9.93. The van der Waals surface area contributed by atoms with Crippen LogP contribution in [0.5, 0.6) is 5.75 Å². The van der Waals surface area contributed by atoms with Crippen molar-refractivity contribution in [2.75, 3.05) is 17.7 Å². The number of anilines is 2. The number of nitrogens with one attached hydrogen (secondary N) is 2. The summed E-state index contributed by atoms with van der Waals surface area (Å²) >= 11 is 0. The van der Waals surface area contributed by atoms with Crippen LogP contribution in [0.15, 0.2) is 42.5 Å². The third-order valence-corrected chi connectivity index (χ3v) is 5.49. The minimum Gasteiger partial charge on any atom is -0.495 e. The molecule has 1 aliphatic rings. The number of hydrogen-bond donors (Lipinski definition) is 2. The van der Waals surface area contributed by atoms with Gasteiger partial charge in [-0.15, -0.1) is 0 Å². The monoisotopic (exact) mass is 398 g/mol. The molecule has 2 N–H and O–H groups in total. The molecular weight excluding hydrogens is 371 g/mol. The van der Waals surface area contributed by atoms with Crippen molar-refractivity contribution in [1.82, 2.24) is 0 Å². The number of rotatable bonds is 6. The molecule has 2 amide bonds. The first kappa shape index (κ1) is 20.8. The molecule has 0 unspecified atom stereocenters. The average Bonchev–Trinajstić information content (AvgIpc) is 2.68. The second-order valence-electron chi connectivity index (χ2n) is 7.70. The van der Waals surface area contributed by atoms with Crippen molar-refractivity contribution >= 4 is 23.2 Å². The van der Waals surface area contributed by atoms with E-state index in [2.05, 4.69) is 10.6 Å². The predicted molar refractivity (Wildman–Crippen MR) is 112 cm³/mol. The molecule has 0 spiro atoms. The van der Waals surface area contributed by atoms with Crippen molar-refractivity contribution in [3.8, 4) is 5.75 Å². The van der Waals surface area contributed by atoms with Crippen LogP contribution < -0.4 is 15.4 Å². The van der Waals surface area contributed by atoms with Crippen LogP contribution in [0, 0.1) is 11.2 Å². The quantitative estimate of drug-likeness (QED) is 0.725. The maximum absolute atomic E-state index is 13.7. The van der Waals surface area contributed by atoms with E-state index in [1.807, 2.05) is 6.07 Å². The molecular formula is C23H27FN2O3. The molecule has 0 atom stereocenters. The molecule has 2 aromatic carbocycles. The van der Waals surface area contributed by atoms with Crippen molar-refractivity contribution in [3.63, 3.8) is 0 Å². The summed E-state index contributed by atoms with van der Waals surface area (Å²) in [5, 5.41) is 5.73. The van der Waals surface area contributed by atoms with E-state index in [1.165, 1.54) is 26.2 Å². The third-order valence-electron chi connectivity index (χ3n) is 5.49. The van der Waals surface area contributed by atoms with Crippen molar-refractivity contribution < 1.29 is 18.7 Å². The minimum atomic E-state index is -0.569. The first-order chi connectivity index (χ1) is 13.9. The van der Waals surface area contributed by atoms with E-state index in [0.29, 0.717) is 23.5 Å². The number of carbonyl (C=O) groups is 2. The predicted octanol–water partition coefficient (Wildman–Crippen LogP) is 4.92. The molecule has 0 aliphatic heterocycles. The van der Waals surface area contributed by atoms with Crippen LogP contribution in [0.4, 0.5) is 15.8 Å². The Kier molecular flexibility index (Phi) is 6.52. The summed E-state index contributed by atoms with van der Waals surface area (Å²) in [6.07, 6.45) is 5.10. The molecule has 0 saturated heterocycles. The molecule has 1 aliphatic carbocycles. The van der Waals surface area contributed by atoms with E-state index in [-0.39, 0.29) is 17.6 Å². The standard InChI is InChI=1S/C23H27FN2O3/c1-16(27)25-20-14-19(9-10-21(20)29-2)26-22(28)23(11-4-3-5-12-23)15-17-7-6-8-18(24)13-17/h6-10,13-14H,3-5,11-12,15H2,1-2H3,(H,25,27)(H,26,28). The summed E-state index contributed by atoms with van der Waals surface area (Å²) in [4.78, 5) is 24.8. The fourth-order valence-electron chi connectivity index (χ4n) is 4.09. The highest BCUT2D eigenvalue weighted by molar-refractivity contribution is 5.97. The van der Waals surface area contributed by atoms with E-state index in [0.717, 1.165) is 37.7 Å². The fraction of sp³-hybridized carbons (Fsp3) is 0.391.